The molecule has 0 aliphatic heterocycles. The number of aliphatic hydroxyl groups excluding tert-OH is 1. The fourth-order valence-corrected chi connectivity index (χ4v) is 4.35. The summed E-state index contributed by atoms with van der Waals surface area (Å²) in [4.78, 5) is 28.1. The maximum Gasteiger partial charge on any atom is 0.271 e. The van der Waals surface area contributed by atoms with E-state index in [-0.39, 0.29) is 23.3 Å². The van der Waals surface area contributed by atoms with Crippen LogP contribution in [0.15, 0.2) is 35.7 Å². The molecule has 0 saturated carbocycles. The molecule has 0 aliphatic rings. The van der Waals surface area contributed by atoms with Gasteiger partial charge in [0.15, 0.2) is 5.13 Å². The second-order valence-corrected chi connectivity index (χ2v) is 9.56. The number of anilines is 1. The summed E-state index contributed by atoms with van der Waals surface area (Å²) in [5.41, 5.74) is 3.58. The van der Waals surface area contributed by atoms with Crippen molar-refractivity contribution >= 4 is 38.3 Å². The second-order valence-electron chi connectivity index (χ2n) is 6.96. The molecular formula is C19H27N5O5S2. The summed E-state index contributed by atoms with van der Waals surface area (Å²) >= 11 is 0.985. The number of likely N-dealkylation sites (N-methyl/N-ethyl adjacent to an activating group) is 1. The number of hydrogen-bond acceptors (Lipinski definition) is 8. The SMILES string of the molecule is CCN(C[C@@H](O)[C@H](Cc1ccccc1)NC(=O)c1csc(NS(C)(=O)=O)n1)NC(C)=O. The molecule has 170 valence electrons. The summed E-state index contributed by atoms with van der Waals surface area (Å²) in [5, 5.41) is 16.7. The molecule has 31 heavy (non-hydrogen) atoms. The standard InChI is InChI=1S/C19H27N5O5S2/c1-4-24(22-13(2)25)11-17(26)15(10-14-8-6-5-7-9-14)20-18(27)16-12-30-19(21-16)23-31(3,28)29/h5-9,12,15,17,26H,4,10-11H2,1-3H3,(H,20,27)(H,21,23)(H,22,25)/t15-,17+/m0/s1. The van der Waals surface area contributed by atoms with E-state index < -0.39 is 28.1 Å². The predicted octanol–water partition coefficient (Wildman–Crippen LogP) is 0.590. The lowest BCUT2D eigenvalue weighted by Crippen LogP contribution is -2.53. The van der Waals surface area contributed by atoms with Gasteiger partial charge in [0.05, 0.1) is 18.4 Å². The molecule has 0 bridgehead atoms. The molecule has 0 aliphatic carbocycles. The number of benzene rings is 1. The first-order chi connectivity index (χ1) is 14.6. The minimum Gasteiger partial charge on any atom is -0.390 e. The van der Waals surface area contributed by atoms with Crippen molar-refractivity contribution in [2.45, 2.75) is 32.4 Å². The normalized spacial score (nSPS) is 13.5. The first-order valence-corrected chi connectivity index (χ1v) is 12.3. The topological polar surface area (TPSA) is 141 Å². The van der Waals surface area contributed by atoms with Crippen molar-refractivity contribution in [3.05, 3.63) is 47.0 Å². The molecule has 10 nitrogen and oxygen atoms in total. The lowest BCUT2D eigenvalue weighted by atomic mass is 10.0. The van der Waals surface area contributed by atoms with Crippen LogP contribution in [0.4, 0.5) is 5.13 Å². The van der Waals surface area contributed by atoms with E-state index in [2.05, 4.69) is 20.4 Å². The molecular weight excluding hydrogens is 442 g/mol. The van der Waals surface area contributed by atoms with E-state index >= 15 is 0 Å². The molecule has 0 saturated heterocycles. The minimum absolute atomic E-state index is 0.0376. The van der Waals surface area contributed by atoms with Gasteiger partial charge in [-0.1, -0.05) is 37.3 Å². The maximum absolute atomic E-state index is 12.7. The Morgan fingerprint density at radius 3 is 2.52 bits per heavy atom. The van der Waals surface area contributed by atoms with Crippen molar-refractivity contribution in [1.29, 1.82) is 0 Å². The highest BCUT2D eigenvalue weighted by molar-refractivity contribution is 7.92. The van der Waals surface area contributed by atoms with Gasteiger partial charge < -0.3 is 10.4 Å². The van der Waals surface area contributed by atoms with Crippen molar-refractivity contribution in [2.24, 2.45) is 0 Å². The third-order valence-electron chi connectivity index (χ3n) is 4.19. The number of hydrazine groups is 1. The van der Waals surface area contributed by atoms with Gasteiger partial charge in [0, 0.05) is 25.4 Å². The monoisotopic (exact) mass is 469 g/mol. The van der Waals surface area contributed by atoms with Gasteiger partial charge in [-0.3, -0.25) is 19.7 Å². The van der Waals surface area contributed by atoms with E-state index in [1.807, 2.05) is 37.3 Å². The molecule has 0 fully saturated rings. The van der Waals surface area contributed by atoms with Crippen LogP contribution in [0.5, 0.6) is 0 Å². The summed E-state index contributed by atoms with van der Waals surface area (Å²) in [5.74, 6) is -0.800. The number of amides is 2. The van der Waals surface area contributed by atoms with Crippen LogP contribution in [0.3, 0.4) is 0 Å². The van der Waals surface area contributed by atoms with Crippen LogP contribution in [-0.4, -0.2) is 66.8 Å². The smallest absolute Gasteiger partial charge is 0.271 e. The van der Waals surface area contributed by atoms with Gasteiger partial charge in [-0.15, -0.1) is 11.3 Å². The van der Waals surface area contributed by atoms with Crippen LogP contribution >= 0.6 is 11.3 Å². The maximum atomic E-state index is 12.7. The van der Waals surface area contributed by atoms with Crippen molar-refractivity contribution in [3.8, 4) is 0 Å². The zero-order valence-corrected chi connectivity index (χ0v) is 19.2. The van der Waals surface area contributed by atoms with E-state index in [4.69, 9.17) is 0 Å². The van der Waals surface area contributed by atoms with Crippen molar-refractivity contribution in [3.63, 3.8) is 0 Å². The number of sulfonamides is 1. The lowest BCUT2D eigenvalue weighted by molar-refractivity contribution is -0.124. The Balaban J connectivity index is 2.15. The molecule has 2 rings (SSSR count). The first-order valence-electron chi connectivity index (χ1n) is 9.55. The average molecular weight is 470 g/mol. The Bertz CT molecular complexity index is 981. The van der Waals surface area contributed by atoms with Gasteiger partial charge in [0.1, 0.15) is 5.69 Å². The molecule has 1 aromatic carbocycles. The van der Waals surface area contributed by atoms with Crippen molar-refractivity contribution in [1.82, 2.24) is 20.7 Å². The summed E-state index contributed by atoms with van der Waals surface area (Å²) in [6, 6.07) is 8.68. The number of thiazole rings is 1. The van der Waals surface area contributed by atoms with Crippen LogP contribution in [0.2, 0.25) is 0 Å². The quantitative estimate of drug-likeness (QED) is 0.353. The molecule has 0 unspecified atom stereocenters. The lowest BCUT2D eigenvalue weighted by Gasteiger charge is -2.29. The van der Waals surface area contributed by atoms with Gasteiger partial charge in [0.2, 0.25) is 15.9 Å². The molecule has 0 spiro atoms. The Hall–Kier alpha value is -2.54. The zero-order chi connectivity index (χ0) is 23.0. The molecule has 2 atom stereocenters. The number of hydrogen-bond donors (Lipinski definition) is 4. The largest absolute Gasteiger partial charge is 0.390 e. The number of rotatable bonds is 11. The van der Waals surface area contributed by atoms with Crippen molar-refractivity contribution in [2.75, 3.05) is 24.1 Å². The third kappa shape index (κ3) is 8.61. The number of carbonyl (C=O) groups is 2. The molecule has 4 N–H and O–H groups in total. The Morgan fingerprint density at radius 2 is 1.94 bits per heavy atom. The average Bonchev–Trinajstić information content (AvgIpc) is 3.14. The van der Waals surface area contributed by atoms with Gasteiger partial charge in [-0.25, -0.2) is 18.4 Å². The number of aliphatic hydroxyl groups is 1. The van der Waals surface area contributed by atoms with Crippen molar-refractivity contribution < 1.29 is 23.1 Å². The number of aromatic nitrogens is 1. The van der Waals surface area contributed by atoms with Gasteiger partial charge in [-0.05, 0) is 12.0 Å². The fourth-order valence-electron chi connectivity index (χ4n) is 2.81. The predicted molar refractivity (Wildman–Crippen MR) is 119 cm³/mol. The summed E-state index contributed by atoms with van der Waals surface area (Å²) in [6.07, 6.45) is 0.349. The summed E-state index contributed by atoms with van der Waals surface area (Å²) < 4.78 is 24.9. The van der Waals surface area contributed by atoms with Crippen LogP contribution in [0, 0.1) is 0 Å². The van der Waals surface area contributed by atoms with Crippen LogP contribution in [-0.2, 0) is 21.2 Å². The Morgan fingerprint density at radius 1 is 1.26 bits per heavy atom. The summed E-state index contributed by atoms with van der Waals surface area (Å²) in [6.45, 7) is 3.78. The zero-order valence-electron chi connectivity index (χ0n) is 17.5. The molecule has 1 aromatic heterocycles. The molecule has 2 amide bonds. The first kappa shape index (κ1) is 24.7. The van der Waals surface area contributed by atoms with E-state index in [1.165, 1.54) is 12.3 Å². The Labute approximate surface area is 185 Å². The fraction of sp³-hybridized carbons (Fsp3) is 0.421. The number of nitrogens with zero attached hydrogens (tertiary/aromatic N) is 2. The van der Waals surface area contributed by atoms with Gasteiger partial charge >= 0.3 is 0 Å². The summed E-state index contributed by atoms with van der Waals surface area (Å²) in [7, 11) is -3.51. The van der Waals surface area contributed by atoms with Gasteiger partial charge in [-0.2, -0.15) is 0 Å². The second kappa shape index (κ2) is 11.2. The number of nitrogens with one attached hydrogen (secondary N) is 3. The van der Waals surface area contributed by atoms with E-state index in [0.717, 1.165) is 23.2 Å². The molecule has 2 aromatic rings. The highest BCUT2D eigenvalue weighted by Crippen LogP contribution is 2.17. The van der Waals surface area contributed by atoms with E-state index in [1.54, 1.807) is 5.01 Å². The van der Waals surface area contributed by atoms with Crippen LogP contribution < -0.4 is 15.5 Å². The minimum atomic E-state index is -3.51. The van der Waals surface area contributed by atoms with E-state index in [0.29, 0.717) is 13.0 Å². The highest BCUT2D eigenvalue weighted by atomic mass is 32.2. The molecule has 1 heterocycles. The molecule has 12 heteroatoms. The van der Waals surface area contributed by atoms with Crippen LogP contribution in [0.25, 0.3) is 0 Å². The van der Waals surface area contributed by atoms with E-state index in [9.17, 15) is 23.1 Å². The van der Waals surface area contributed by atoms with Crippen LogP contribution in [0.1, 0.15) is 29.9 Å². The van der Waals surface area contributed by atoms with Gasteiger partial charge in [0.25, 0.3) is 5.91 Å². The Kier molecular flexibility index (Phi) is 8.92. The third-order valence-corrected chi connectivity index (χ3v) is 5.64. The number of carbonyl (C=O) groups excluding carboxylic acids is 2. The highest BCUT2D eigenvalue weighted by Gasteiger charge is 2.25. The molecule has 0 radical (unpaired) electrons.